The molecule has 3 heteroatoms. The molecule has 2 aromatic rings. The Bertz CT molecular complexity index is 1030. The van der Waals surface area contributed by atoms with Crippen LogP contribution in [0, 0.1) is 43.1 Å². The molecular weight excluding hydrogens is 735 g/mol. The van der Waals surface area contributed by atoms with Crippen LogP contribution in [0.15, 0.2) is 36.4 Å². The van der Waals surface area contributed by atoms with Gasteiger partial charge in [-0.15, -0.1) is 0 Å². The largest absolute Gasteiger partial charge is 0.493 e. The van der Waals surface area contributed by atoms with Crippen LogP contribution in [-0.4, -0.2) is 18.3 Å². The number of halogens is 1. The Hall–Kier alpha value is -1.07. The maximum Gasteiger partial charge on any atom is 0.119 e. The quantitative estimate of drug-likeness (QED) is 0.0684. The van der Waals surface area contributed by atoms with Crippen molar-refractivity contribution in [1.29, 1.82) is 0 Å². The van der Waals surface area contributed by atoms with Gasteiger partial charge in [-0.25, -0.2) is 0 Å². The summed E-state index contributed by atoms with van der Waals surface area (Å²) in [6, 6.07) is 13.0. The number of aliphatic hydroxyl groups is 1. The van der Waals surface area contributed by atoms with Crippen molar-refractivity contribution in [2.45, 2.75) is 209 Å². The van der Waals surface area contributed by atoms with Crippen LogP contribution >= 0.6 is 22.6 Å². The Balaban J connectivity index is 0.000000823. The van der Waals surface area contributed by atoms with Crippen LogP contribution in [0.4, 0.5) is 0 Å². The van der Waals surface area contributed by atoms with E-state index >= 15 is 0 Å². The van der Waals surface area contributed by atoms with Crippen LogP contribution in [0.25, 0.3) is 0 Å². The first kappa shape index (κ1) is 49.9. The second kappa shape index (κ2) is 35.9. The Morgan fingerprint density at radius 3 is 1.24 bits per heavy atom. The molecule has 2 aromatic carbocycles. The first-order valence-electron chi connectivity index (χ1n) is 21.8. The van der Waals surface area contributed by atoms with Gasteiger partial charge in [0.05, 0.1) is 6.61 Å². The fraction of sp³-hybridized carbons (Fsp3) is 0.750. The highest BCUT2D eigenvalue weighted by Gasteiger charge is 2.11. The first-order valence-corrected chi connectivity index (χ1v) is 22.8. The van der Waals surface area contributed by atoms with Crippen molar-refractivity contribution in [2.75, 3.05) is 13.2 Å². The highest BCUT2D eigenvalue weighted by Crippen LogP contribution is 2.23. The second-order valence-electron chi connectivity index (χ2n) is 15.5. The molecule has 0 fully saturated rings. The van der Waals surface area contributed by atoms with Crippen LogP contribution in [-0.2, 0) is 0 Å². The molecule has 296 valence electrons. The Morgan fingerprint density at radius 1 is 0.471 bits per heavy atom. The summed E-state index contributed by atoms with van der Waals surface area (Å²) in [5.74, 6) is 2.35. The average Bonchev–Trinajstić information content (AvgIpc) is 3.12. The van der Waals surface area contributed by atoms with E-state index in [-0.39, 0.29) is 0 Å². The van der Waals surface area contributed by atoms with Crippen molar-refractivity contribution in [3.8, 4) is 5.75 Å². The van der Waals surface area contributed by atoms with E-state index in [2.05, 4.69) is 114 Å². The van der Waals surface area contributed by atoms with E-state index in [4.69, 9.17) is 4.74 Å². The van der Waals surface area contributed by atoms with E-state index in [0.29, 0.717) is 12.5 Å². The van der Waals surface area contributed by atoms with Gasteiger partial charge in [0, 0.05) is 10.2 Å². The standard InChI is InChI=1S/C24H42O.C16H34O.C8H9I/c1-5-7-9-11-12-14-16-23(15-13-10-8-6-2)20-25-24-18-17-21(3)22(4)19-24;1-3-5-7-9-10-12-14-16(15-17)13-11-8-6-4-2;1-6-3-4-8(9)5-7(6)2/h17-19,23H,5-16,20H2,1-4H3;16-17H,3-15H2,1-2H3;3-5H,1-2H3. The lowest BCUT2D eigenvalue weighted by Gasteiger charge is -2.18. The maximum atomic E-state index is 9.32. The summed E-state index contributed by atoms with van der Waals surface area (Å²) in [7, 11) is 0. The topological polar surface area (TPSA) is 29.5 Å². The number of unbranched alkanes of at least 4 members (excludes halogenated alkanes) is 16. The summed E-state index contributed by atoms with van der Waals surface area (Å²) in [6.07, 6.45) is 32.5. The first-order chi connectivity index (χ1) is 24.7. The molecule has 2 nitrogen and oxygen atoms in total. The van der Waals surface area contributed by atoms with Gasteiger partial charge >= 0.3 is 0 Å². The Morgan fingerprint density at radius 2 is 0.843 bits per heavy atom. The van der Waals surface area contributed by atoms with Crippen molar-refractivity contribution in [3.05, 3.63) is 62.2 Å². The fourth-order valence-corrected chi connectivity index (χ4v) is 7.15. The second-order valence-corrected chi connectivity index (χ2v) is 16.8. The van der Waals surface area contributed by atoms with Crippen LogP contribution in [0.2, 0.25) is 0 Å². The number of aryl methyl sites for hydroxylation is 4. The van der Waals surface area contributed by atoms with E-state index < -0.39 is 0 Å². The molecule has 0 saturated heterocycles. The van der Waals surface area contributed by atoms with Gasteiger partial charge in [-0.05, 0) is 134 Å². The van der Waals surface area contributed by atoms with Gasteiger partial charge in [-0.3, -0.25) is 0 Å². The predicted molar refractivity (Wildman–Crippen MR) is 238 cm³/mol. The SMILES string of the molecule is CCCCCCCCC(CCCCCC)COc1ccc(C)c(C)c1.CCCCCCCCC(CO)CCCCCC.Cc1ccc(I)cc1C. The Labute approximate surface area is 333 Å². The molecule has 0 saturated carbocycles. The smallest absolute Gasteiger partial charge is 0.119 e. The lowest BCUT2D eigenvalue weighted by atomic mass is 9.95. The van der Waals surface area contributed by atoms with E-state index in [1.807, 2.05) is 0 Å². The van der Waals surface area contributed by atoms with Crippen molar-refractivity contribution in [3.63, 3.8) is 0 Å². The average molecular weight is 821 g/mol. The zero-order chi connectivity index (χ0) is 38.0. The molecule has 0 amide bonds. The lowest BCUT2D eigenvalue weighted by molar-refractivity contribution is 0.204. The van der Waals surface area contributed by atoms with E-state index in [1.165, 1.54) is 180 Å². The summed E-state index contributed by atoms with van der Waals surface area (Å²) < 4.78 is 7.47. The van der Waals surface area contributed by atoms with Crippen molar-refractivity contribution in [2.24, 2.45) is 11.8 Å². The summed E-state index contributed by atoms with van der Waals surface area (Å²) in [5, 5.41) is 9.32. The van der Waals surface area contributed by atoms with Crippen molar-refractivity contribution in [1.82, 2.24) is 0 Å². The van der Waals surface area contributed by atoms with Gasteiger partial charge in [0.15, 0.2) is 0 Å². The summed E-state index contributed by atoms with van der Waals surface area (Å²) in [6.45, 7) is 19.0. The number of hydrogen-bond acceptors (Lipinski definition) is 2. The molecule has 0 bridgehead atoms. The van der Waals surface area contributed by atoms with Gasteiger partial charge in [-0.1, -0.05) is 168 Å². The molecule has 0 heterocycles. The minimum Gasteiger partial charge on any atom is -0.493 e. The van der Waals surface area contributed by atoms with Crippen molar-refractivity contribution >= 4 is 22.6 Å². The van der Waals surface area contributed by atoms with Gasteiger partial charge < -0.3 is 9.84 Å². The summed E-state index contributed by atoms with van der Waals surface area (Å²) in [5.41, 5.74) is 5.42. The molecule has 0 aromatic heterocycles. The van der Waals surface area contributed by atoms with Crippen LogP contribution in [0.5, 0.6) is 5.75 Å². The molecule has 51 heavy (non-hydrogen) atoms. The minimum atomic E-state index is 0.404. The van der Waals surface area contributed by atoms with Gasteiger partial charge in [0.25, 0.3) is 0 Å². The van der Waals surface area contributed by atoms with E-state index in [9.17, 15) is 5.11 Å². The monoisotopic (exact) mass is 821 g/mol. The number of hydrogen-bond donors (Lipinski definition) is 1. The number of ether oxygens (including phenoxy) is 1. The number of rotatable bonds is 28. The summed E-state index contributed by atoms with van der Waals surface area (Å²) >= 11 is 2.32. The normalized spacial score (nSPS) is 12.0. The number of benzene rings is 2. The molecule has 0 aliphatic rings. The molecule has 1 N–H and O–H groups in total. The van der Waals surface area contributed by atoms with Crippen molar-refractivity contribution < 1.29 is 9.84 Å². The zero-order valence-electron chi connectivity index (χ0n) is 35.2. The van der Waals surface area contributed by atoms with Gasteiger partial charge in [-0.2, -0.15) is 0 Å². The molecule has 2 unspecified atom stereocenters. The molecular formula is C48H85IO2. The third-order valence-electron chi connectivity index (χ3n) is 10.6. The summed E-state index contributed by atoms with van der Waals surface area (Å²) in [4.78, 5) is 0. The zero-order valence-corrected chi connectivity index (χ0v) is 37.4. The molecule has 0 aliphatic carbocycles. The van der Waals surface area contributed by atoms with E-state index in [1.54, 1.807) is 0 Å². The van der Waals surface area contributed by atoms with Crippen LogP contribution in [0.3, 0.4) is 0 Å². The highest BCUT2D eigenvalue weighted by molar-refractivity contribution is 14.1. The molecule has 2 atom stereocenters. The highest BCUT2D eigenvalue weighted by atomic mass is 127. The fourth-order valence-electron chi connectivity index (χ4n) is 6.51. The van der Waals surface area contributed by atoms with Crippen LogP contribution < -0.4 is 4.74 Å². The molecule has 0 spiro atoms. The molecule has 2 rings (SSSR count). The molecule has 0 aliphatic heterocycles. The Kier molecular flexibility index (Phi) is 35.2. The predicted octanol–water partition coefficient (Wildman–Crippen LogP) is 16.2. The van der Waals surface area contributed by atoms with Gasteiger partial charge in [0.2, 0.25) is 0 Å². The van der Waals surface area contributed by atoms with E-state index in [0.717, 1.165) is 18.3 Å². The lowest BCUT2D eigenvalue weighted by Crippen LogP contribution is -2.12. The third kappa shape index (κ3) is 30.0. The third-order valence-corrected chi connectivity index (χ3v) is 11.2. The maximum absolute atomic E-state index is 9.32. The number of aliphatic hydroxyl groups excluding tert-OH is 1. The van der Waals surface area contributed by atoms with Gasteiger partial charge in [0.1, 0.15) is 5.75 Å². The van der Waals surface area contributed by atoms with Crippen LogP contribution in [0.1, 0.15) is 204 Å². The minimum absolute atomic E-state index is 0.404. The molecule has 0 radical (unpaired) electrons.